The van der Waals surface area contributed by atoms with Crippen molar-refractivity contribution >= 4 is 0 Å². The third kappa shape index (κ3) is 4.87. The minimum Gasteiger partial charge on any atom is -0.374 e. The number of ether oxygens (including phenoxy) is 1. The first-order chi connectivity index (χ1) is 11.8. The molecule has 0 bridgehead atoms. The lowest BCUT2D eigenvalue weighted by molar-refractivity contribution is -0.0499. The Balaban J connectivity index is 1.53. The van der Waals surface area contributed by atoms with Crippen molar-refractivity contribution in [2.75, 3.05) is 19.7 Å². The van der Waals surface area contributed by atoms with E-state index >= 15 is 0 Å². The molecular formula is C20H27N3O. The SMILES string of the molecule is CCC(NCc1cccnc1)C1CN(Cc2ccccc2)CCO1. The molecule has 1 aromatic carbocycles. The second-order valence-electron chi connectivity index (χ2n) is 6.39. The Hall–Kier alpha value is -1.75. The van der Waals surface area contributed by atoms with Gasteiger partial charge in [-0.25, -0.2) is 0 Å². The molecule has 2 aromatic rings. The summed E-state index contributed by atoms with van der Waals surface area (Å²) in [6.45, 7) is 6.85. The molecule has 4 nitrogen and oxygen atoms in total. The Morgan fingerprint density at radius 3 is 2.79 bits per heavy atom. The van der Waals surface area contributed by atoms with Gasteiger partial charge < -0.3 is 10.1 Å². The first-order valence-electron chi connectivity index (χ1n) is 8.85. The van der Waals surface area contributed by atoms with Gasteiger partial charge in [-0.1, -0.05) is 43.3 Å². The van der Waals surface area contributed by atoms with Crippen LogP contribution in [0.25, 0.3) is 0 Å². The van der Waals surface area contributed by atoms with Gasteiger partial charge in [0.2, 0.25) is 0 Å². The van der Waals surface area contributed by atoms with E-state index in [1.807, 2.05) is 18.5 Å². The van der Waals surface area contributed by atoms with E-state index in [-0.39, 0.29) is 6.10 Å². The number of aromatic nitrogens is 1. The van der Waals surface area contributed by atoms with Crippen LogP contribution in [0.4, 0.5) is 0 Å². The third-order valence-corrected chi connectivity index (χ3v) is 4.61. The molecule has 1 aliphatic heterocycles. The predicted molar refractivity (Wildman–Crippen MR) is 96.6 cm³/mol. The molecule has 1 saturated heterocycles. The molecular weight excluding hydrogens is 298 g/mol. The predicted octanol–water partition coefficient (Wildman–Crippen LogP) is 2.85. The number of rotatable bonds is 7. The molecule has 0 saturated carbocycles. The highest BCUT2D eigenvalue weighted by Gasteiger charge is 2.26. The second-order valence-corrected chi connectivity index (χ2v) is 6.39. The highest BCUT2D eigenvalue weighted by molar-refractivity contribution is 5.14. The van der Waals surface area contributed by atoms with Crippen LogP contribution in [0.15, 0.2) is 54.9 Å². The maximum atomic E-state index is 6.07. The van der Waals surface area contributed by atoms with Crippen molar-refractivity contribution in [2.45, 2.75) is 38.6 Å². The number of hydrogen-bond acceptors (Lipinski definition) is 4. The van der Waals surface area contributed by atoms with Crippen LogP contribution in [-0.4, -0.2) is 41.7 Å². The number of morpholine rings is 1. The van der Waals surface area contributed by atoms with E-state index in [0.717, 1.165) is 39.2 Å². The van der Waals surface area contributed by atoms with Gasteiger partial charge in [0.25, 0.3) is 0 Å². The summed E-state index contributed by atoms with van der Waals surface area (Å²) in [6.07, 6.45) is 5.03. The maximum absolute atomic E-state index is 6.07. The molecule has 1 aromatic heterocycles. The second kappa shape index (κ2) is 8.92. The molecule has 2 atom stereocenters. The van der Waals surface area contributed by atoms with E-state index in [0.29, 0.717) is 6.04 Å². The monoisotopic (exact) mass is 325 g/mol. The van der Waals surface area contributed by atoms with Gasteiger partial charge in [-0.05, 0) is 23.6 Å². The quantitative estimate of drug-likeness (QED) is 0.849. The van der Waals surface area contributed by atoms with Crippen LogP contribution in [-0.2, 0) is 17.8 Å². The average Bonchev–Trinajstić information content (AvgIpc) is 2.64. The number of nitrogens with zero attached hydrogens (tertiary/aromatic N) is 2. The molecule has 0 amide bonds. The summed E-state index contributed by atoms with van der Waals surface area (Å²) in [6, 6.07) is 15.1. The topological polar surface area (TPSA) is 37.4 Å². The van der Waals surface area contributed by atoms with Gasteiger partial charge in [-0.3, -0.25) is 9.88 Å². The zero-order valence-corrected chi connectivity index (χ0v) is 14.4. The number of hydrogen-bond donors (Lipinski definition) is 1. The van der Waals surface area contributed by atoms with E-state index in [9.17, 15) is 0 Å². The van der Waals surface area contributed by atoms with Crippen LogP contribution in [0.1, 0.15) is 24.5 Å². The fourth-order valence-corrected chi connectivity index (χ4v) is 3.25. The van der Waals surface area contributed by atoms with Crippen LogP contribution in [0.3, 0.4) is 0 Å². The molecule has 24 heavy (non-hydrogen) atoms. The van der Waals surface area contributed by atoms with Gasteiger partial charge in [-0.2, -0.15) is 0 Å². The molecule has 4 heteroatoms. The normalized spacial score (nSPS) is 20.0. The average molecular weight is 325 g/mol. The molecule has 2 unspecified atom stereocenters. The summed E-state index contributed by atoms with van der Waals surface area (Å²) in [5, 5.41) is 3.65. The van der Waals surface area contributed by atoms with Crippen molar-refractivity contribution in [2.24, 2.45) is 0 Å². The van der Waals surface area contributed by atoms with Gasteiger partial charge in [-0.15, -0.1) is 0 Å². The summed E-state index contributed by atoms with van der Waals surface area (Å²) in [7, 11) is 0. The van der Waals surface area contributed by atoms with Gasteiger partial charge in [0.15, 0.2) is 0 Å². The molecule has 1 aliphatic rings. The van der Waals surface area contributed by atoms with E-state index in [1.165, 1.54) is 11.1 Å². The van der Waals surface area contributed by atoms with Crippen molar-refractivity contribution in [3.63, 3.8) is 0 Å². The fourth-order valence-electron chi connectivity index (χ4n) is 3.25. The Morgan fingerprint density at radius 1 is 1.21 bits per heavy atom. The number of pyridine rings is 1. The summed E-state index contributed by atoms with van der Waals surface area (Å²) >= 11 is 0. The lowest BCUT2D eigenvalue weighted by Gasteiger charge is -2.37. The molecule has 0 aliphatic carbocycles. The van der Waals surface area contributed by atoms with E-state index in [1.54, 1.807) is 0 Å². The zero-order chi connectivity index (χ0) is 16.6. The van der Waals surface area contributed by atoms with Crippen molar-refractivity contribution in [1.29, 1.82) is 0 Å². The van der Waals surface area contributed by atoms with Gasteiger partial charge >= 0.3 is 0 Å². The molecule has 1 fully saturated rings. The van der Waals surface area contributed by atoms with E-state index in [2.05, 4.69) is 58.5 Å². The molecule has 3 rings (SSSR count). The minimum atomic E-state index is 0.240. The smallest absolute Gasteiger partial charge is 0.0855 e. The number of nitrogens with one attached hydrogen (secondary N) is 1. The first-order valence-corrected chi connectivity index (χ1v) is 8.85. The Bertz CT molecular complexity index is 590. The highest BCUT2D eigenvalue weighted by atomic mass is 16.5. The highest BCUT2D eigenvalue weighted by Crippen LogP contribution is 2.15. The van der Waals surface area contributed by atoms with Crippen molar-refractivity contribution < 1.29 is 4.74 Å². The molecule has 0 radical (unpaired) electrons. The van der Waals surface area contributed by atoms with Gasteiger partial charge in [0, 0.05) is 44.6 Å². The van der Waals surface area contributed by atoms with Crippen LogP contribution in [0.2, 0.25) is 0 Å². The Morgan fingerprint density at radius 2 is 2.04 bits per heavy atom. The fraction of sp³-hybridized carbons (Fsp3) is 0.450. The maximum Gasteiger partial charge on any atom is 0.0855 e. The largest absolute Gasteiger partial charge is 0.374 e. The Labute approximate surface area is 144 Å². The van der Waals surface area contributed by atoms with Gasteiger partial charge in [0.05, 0.1) is 12.7 Å². The third-order valence-electron chi connectivity index (χ3n) is 4.61. The molecule has 1 N–H and O–H groups in total. The summed E-state index contributed by atoms with van der Waals surface area (Å²) in [5.41, 5.74) is 2.59. The molecule has 2 heterocycles. The standard InChI is InChI=1S/C20H27N3O/c1-2-19(22-14-18-9-6-10-21-13-18)20-16-23(11-12-24-20)15-17-7-4-3-5-8-17/h3-10,13,19-20,22H,2,11-12,14-16H2,1H3. The van der Waals surface area contributed by atoms with Crippen LogP contribution >= 0.6 is 0 Å². The summed E-state index contributed by atoms with van der Waals surface area (Å²) in [5.74, 6) is 0. The molecule has 0 spiro atoms. The van der Waals surface area contributed by atoms with Crippen molar-refractivity contribution in [3.8, 4) is 0 Å². The van der Waals surface area contributed by atoms with E-state index in [4.69, 9.17) is 4.74 Å². The van der Waals surface area contributed by atoms with Gasteiger partial charge in [0.1, 0.15) is 0 Å². The van der Waals surface area contributed by atoms with Crippen LogP contribution in [0.5, 0.6) is 0 Å². The summed E-state index contributed by atoms with van der Waals surface area (Å²) < 4.78 is 6.07. The minimum absolute atomic E-state index is 0.240. The van der Waals surface area contributed by atoms with Crippen molar-refractivity contribution in [3.05, 3.63) is 66.0 Å². The zero-order valence-electron chi connectivity index (χ0n) is 14.4. The number of benzene rings is 1. The van der Waals surface area contributed by atoms with E-state index < -0.39 is 0 Å². The van der Waals surface area contributed by atoms with Crippen LogP contribution < -0.4 is 5.32 Å². The lowest BCUT2D eigenvalue weighted by Crippen LogP contribution is -2.51. The summed E-state index contributed by atoms with van der Waals surface area (Å²) in [4.78, 5) is 6.68. The Kier molecular flexibility index (Phi) is 6.35. The first kappa shape index (κ1) is 17.1. The van der Waals surface area contributed by atoms with Crippen LogP contribution in [0, 0.1) is 0 Å². The lowest BCUT2D eigenvalue weighted by atomic mass is 10.1. The molecule has 128 valence electrons. The van der Waals surface area contributed by atoms with Crippen molar-refractivity contribution in [1.82, 2.24) is 15.2 Å².